The van der Waals surface area contributed by atoms with Gasteiger partial charge in [0.25, 0.3) is 0 Å². The highest BCUT2D eigenvalue weighted by molar-refractivity contribution is 5.78. The van der Waals surface area contributed by atoms with E-state index < -0.39 is 0 Å². The van der Waals surface area contributed by atoms with Crippen LogP contribution in [-0.2, 0) is 11.2 Å². The summed E-state index contributed by atoms with van der Waals surface area (Å²) in [6, 6.07) is 14.6. The van der Waals surface area contributed by atoms with E-state index in [1.807, 2.05) is 30.3 Å². The molecule has 0 unspecified atom stereocenters. The third-order valence-electron chi connectivity index (χ3n) is 2.52. The van der Waals surface area contributed by atoms with E-state index in [1.165, 1.54) is 0 Å². The van der Waals surface area contributed by atoms with E-state index >= 15 is 0 Å². The summed E-state index contributed by atoms with van der Waals surface area (Å²) >= 11 is 0. The molecule has 0 heterocycles. The second-order valence-corrected chi connectivity index (χ2v) is 3.86. The van der Waals surface area contributed by atoms with Crippen molar-refractivity contribution in [2.24, 2.45) is 5.73 Å². The standard InChI is InChI=1S/C14H13NO2/c15-14(17)9-10-6-7-13(16)12(8-10)11-4-2-1-3-5-11/h1-8,16H,9H2,(H2,15,17). The molecule has 0 saturated heterocycles. The molecular weight excluding hydrogens is 214 g/mol. The van der Waals surface area contributed by atoms with Crippen LogP contribution in [0.5, 0.6) is 5.75 Å². The van der Waals surface area contributed by atoms with E-state index in [-0.39, 0.29) is 18.1 Å². The number of carbonyl (C=O) groups excluding carboxylic acids is 1. The van der Waals surface area contributed by atoms with Crippen LogP contribution in [0.3, 0.4) is 0 Å². The summed E-state index contributed by atoms with van der Waals surface area (Å²) in [5.41, 5.74) is 7.58. The van der Waals surface area contributed by atoms with Gasteiger partial charge in [-0.15, -0.1) is 0 Å². The molecule has 2 aromatic rings. The molecule has 3 nitrogen and oxygen atoms in total. The molecule has 86 valence electrons. The van der Waals surface area contributed by atoms with Crippen molar-refractivity contribution < 1.29 is 9.90 Å². The van der Waals surface area contributed by atoms with Crippen molar-refractivity contribution in [1.82, 2.24) is 0 Å². The monoisotopic (exact) mass is 227 g/mol. The highest BCUT2D eigenvalue weighted by Crippen LogP contribution is 2.29. The Balaban J connectivity index is 2.43. The zero-order valence-corrected chi connectivity index (χ0v) is 9.26. The number of phenols is 1. The average Bonchev–Trinajstić information content (AvgIpc) is 2.32. The van der Waals surface area contributed by atoms with Gasteiger partial charge in [-0.1, -0.05) is 36.4 Å². The molecule has 17 heavy (non-hydrogen) atoms. The number of phenolic OH excluding ortho intramolecular Hbond substituents is 1. The summed E-state index contributed by atoms with van der Waals surface area (Å²) < 4.78 is 0. The van der Waals surface area contributed by atoms with E-state index in [4.69, 9.17) is 5.73 Å². The first kappa shape index (κ1) is 11.2. The predicted molar refractivity (Wildman–Crippen MR) is 66.4 cm³/mol. The number of nitrogens with two attached hydrogens (primary N) is 1. The molecule has 0 fully saturated rings. The lowest BCUT2D eigenvalue weighted by atomic mass is 10.0. The van der Waals surface area contributed by atoms with Crippen LogP contribution >= 0.6 is 0 Å². The van der Waals surface area contributed by atoms with Gasteiger partial charge in [-0.3, -0.25) is 4.79 Å². The molecule has 2 aromatic carbocycles. The van der Waals surface area contributed by atoms with Gasteiger partial charge in [-0.2, -0.15) is 0 Å². The van der Waals surface area contributed by atoms with Crippen LogP contribution < -0.4 is 5.73 Å². The van der Waals surface area contributed by atoms with Crippen molar-refractivity contribution in [3.8, 4) is 16.9 Å². The fraction of sp³-hybridized carbons (Fsp3) is 0.0714. The van der Waals surface area contributed by atoms with Gasteiger partial charge in [0.1, 0.15) is 5.75 Å². The second-order valence-electron chi connectivity index (χ2n) is 3.86. The average molecular weight is 227 g/mol. The topological polar surface area (TPSA) is 63.3 Å². The van der Waals surface area contributed by atoms with E-state index in [0.29, 0.717) is 5.56 Å². The number of hydrogen-bond acceptors (Lipinski definition) is 2. The van der Waals surface area contributed by atoms with Gasteiger partial charge in [0.2, 0.25) is 5.91 Å². The Bertz CT molecular complexity index is 535. The molecule has 0 bridgehead atoms. The highest BCUT2D eigenvalue weighted by Gasteiger charge is 2.06. The van der Waals surface area contributed by atoms with E-state index in [9.17, 15) is 9.90 Å². The first-order valence-electron chi connectivity index (χ1n) is 5.32. The SMILES string of the molecule is NC(=O)Cc1ccc(O)c(-c2ccccc2)c1. The minimum Gasteiger partial charge on any atom is -0.507 e. The number of amides is 1. The van der Waals surface area contributed by atoms with Crippen LogP contribution in [0.1, 0.15) is 5.56 Å². The minimum atomic E-state index is -0.380. The lowest BCUT2D eigenvalue weighted by Gasteiger charge is -2.07. The Morgan fingerprint density at radius 2 is 1.82 bits per heavy atom. The largest absolute Gasteiger partial charge is 0.507 e. The van der Waals surface area contributed by atoms with E-state index in [2.05, 4.69) is 0 Å². The maximum absolute atomic E-state index is 10.9. The molecule has 3 N–H and O–H groups in total. The van der Waals surface area contributed by atoms with Crippen molar-refractivity contribution in [2.45, 2.75) is 6.42 Å². The summed E-state index contributed by atoms with van der Waals surface area (Å²) in [4.78, 5) is 10.9. The fourth-order valence-corrected chi connectivity index (χ4v) is 1.74. The number of hydrogen-bond donors (Lipinski definition) is 2. The van der Waals surface area contributed by atoms with Gasteiger partial charge in [0, 0.05) is 5.56 Å². The van der Waals surface area contributed by atoms with Gasteiger partial charge in [-0.25, -0.2) is 0 Å². The van der Waals surface area contributed by atoms with Gasteiger partial charge in [0.05, 0.1) is 6.42 Å². The molecule has 0 aromatic heterocycles. The zero-order chi connectivity index (χ0) is 12.3. The molecule has 0 aliphatic carbocycles. The first-order valence-corrected chi connectivity index (χ1v) is 5.32. The lowest BCUT2D eigenvalue weighted by Crippen LogP contribution is -2.13. The zero-order valence-electron chi connectivity index (χ0n) is 9.26. The van der Waals surface area contributed by atoms with Gasteiger partial charge in [-0.05, 0) is 23.3 Å². The van der Waals surface area contributed by atoms with E-state index in [1.54, 1.807) is 18.2 Å². The number of benzene rings is 2. The number of carbonyl (C=O) groups is 1. The molecule has 0 radical (unpaired) electrons. The third kappa shape index (κ3) is 2.64. The first-order chi connectivity index (χ1) is 8.16. The molecule has 0 atom stereocenters. The molecule has 3 heteroatoms. The Morgan fingerprint density at radius 3 is 2.47 bits per heavy atom. The van der Waals surface area contributed by atoms with Crippen molar-refractivity contribution in [2.75, 3.05) is 0 Å². The molecule has 0 spiro atoms. The molecule has 0 saturated carbocycles. The van der Waals surface area contributed by atoms with Crippen molar-refractivity contribution in [3.05, 3.63) is 54.1 Å². The van der Waals surface area contributed by atoms with Crippen LogP contribution in [0.4, 0.5) is 0 Å². The smallest absolute Gasteiger partial charge is 0.221 e. The van der Waals surface area contributed by atoms with Gasteiger partial charge in [0.15, 0.2) is 0 Å². The third-order valence-corrected chi connectivity index (χ3v) is 2.52. The minimum absolute atomic E-state index is 0.181. The summed E-state index contributed by atoms with van der Waals surface area (Å²) in [6.07, 6.45) is 0.181. The van der Waals surface area contributed by atoms with Crippen LogP contribution in [-0.4, -0.2) is 11.0 Å². The Kier molecular flexibility index (Phi) is 3.10. The van der Waals surface area contributed by atoms with Gasteiger partial charge >= 0.3 is 0 Å². The number of aromatic hydroxyl groups is 1. The normalized spacial score (nSPS) is 10.1. The van der Waals surface area contributed by atoms with Crippen LogP contribution in [0.2, 0.25) is 0 Å². The summed E-state index contributed by atoms with van der Waals surface area (Å²) in [5.74, 6) is -0.181. The molecule has 0 aliphatic rings. The van der Waals surface area contributed by atoms with Crippen molar-refractivity contribution in [1.29, 1.82) is 0 Å². The van der Waals surface area contributed by atoms with Crippen LogP contribution in [0.15, 0.2) is 48.5 Å². The summed E-state index contributed by atoms with van der Waals surface area (Å²) in [6.45, 7) is 0. The fourth-order valence-electron chi connectivity index (χ4n) is 1.74. The van der Waals surface area contributed by atoms with Crippen molar-refractivity contribution in [3.63, 3.8) is 0 Å². The molecule has 1 amide bonds. The van der Waals surface area contributed by atoms with Gasteiger partial charge < -0.3 is 10.8 Å². The van der Waals surface area contributed by atoms with Crippen LogP contribution in [0, 0.1) is 0 Å². The molecule has 2 rings (SSSR count). The maximum Gasteiger partial charge on any atom is 0.221 e. The molecular formula is C14H13NO2. The second kappa shape index (κ2) is 4.70. The number of primary amides is 1. The number of rotatable bonds is 3. The van der Waals surface area contributed by atoms with Crippen molar-refractivity contribution >= 4 is 5.91 Å². The Hall–Kier alpha value is -2.29. The Labute approximate surface area is 99.5 Å². The quantitative estimate of drug-likeness (QED) is 0.843. The molecule has 0 aliphatic heterocycles. The highest BCUT2D eigenvalue weighted by atomic mass is 16.3. The summed E-state index contributed by atoms with van der Waals surface area (Å²) in [7, 11) is 0. The Morgan fingerprint density at radius 1 is 1.12 bits per heavy atom. The van der Waals surface area contributed by atoms with E-state index in [0.717, 1.165) is 11.1 Å². The predicted octanol–water partition coefficient (Wildman–Crippen LogP) is 2.09. The maximum atomic E-state index is 10.9. The lowest BCUT2D eigenvalue weighted by molar-refractivity contribution is -0.117. The van der Waals surface area contributed by atoms with Crippen LogP contribution in [0.25, 0.3) is 11.1 Å². The summed E-state index contributed by atoms with van der Waals surface area (Å²) in [5, 5.41) is 9.81.